The van der Waals surface area contributed by atoms with Crippen molar-refractivity contribution in [2.45, 2.75) is 27.3 Å². The van der Waals surface area contributed by atoms with Crippen LogP contribution in [-0.4, -0.2) is 39.0 Å². The van der Waals surface area contributed by atoms with Crippen LogP contribution in [0.2, 0.25) is 0 Å². The lowest BCUT2D eigenvalue weighted by molar-refractivity contribution is -0.936. The first-order valence-corrected chi connectivity index (χ1v) is 7.64. The number of H-pyrrole nitrogens is 2. The molecule has 0 atom stereocenters. The maximum atomic E-state index is 11.6. The Morgan fingerprint density at radius 2 is 1.58 bits per heavy atom. The minimum Gasteiger partial charge on any atom is -1.00 e. The Morgan fingerprint density at radius 3 is 2.08 bits per heavy atom. The van der Waals surface area contributed by atoms with Crippen molar-refractivity contribution in [2.75, 3.05) is 19.6 Å². The molecule has 0 bridgehead atoms. The van der Waals surface area contributed by atoms with Crippen molar-refractivity contribution in [2.24, 2.45) is 0 Å². The van der Waals surface area contributed by atoms with Crippen molar-refractivity contribution in [1.29, 1.82) is 0 Å². The van der Waals surface area contributed by atoms with E-state index in [0.29, 0.717) is 17.6 Å². The van der Waals surface area contributed by atoms with E-state index < -0.39 is 16.0 Å². The summed E-state index contributed by atoms with van der Waals surface area (Å²) in [5.41, 5.74) is -0.274. The van der Waals surface area contributed by atoms with Gasteiger partial charge in [0.1, 0.15) is 6.54 Å². The van der Waals surface area contributed by atoms with Crippen LogP contribution >= 0.6 is 0 Å². The first kappa shape index (κ1) is 20.0. The normalized spacial score (nSPS) is 11.3. The van der Waals surface area contributed by atoms with Gasteiger partial charge in [0.05, 0.1) is 35.6 Å². The van der Waals surface area contributed by atoms with Gasteiger partial charge in [0.15, 0.2) is 0 Å². The van der Waals surface area contributed by atoms with Crippen molar-refractivity contribution in [1.82, 2.24) is 9.97 Å². The highest BCUT2D eigenvalue weighted by Crippen LogP contribution is 2.25. The van der Waals surface area contributed by atoms with Gasteiger partial charge in [-0.25, -0.2) is 0 Å². The summed E-state index contributed by atoms with van der Waals surface area (Å²) < 4.78 is 0.734. The molecule has 24 heavy (non-hydrogen) atoms. The van der Waals surface area contributed by atoms with Gasteiger partial charge in [-0.05, 0) is 20.8 Å². The Morgan fingerprint density at radius 1 is 1.04 bits per heavy atom. The third-order valence-electron chi connectivity index (χ3n) is 4.63. The number of non-ortho nitro benzene ring substituents is 1. The van der Waals surface area contributed by atoms with Gasteiger partial charge in [-0.1, -0.05) is 0 Å². The molecule has 0 fully saturated rings. The van der Waals surface area contributed by atoms with Crippen LogP contribution in [0.5, 0.6) is 0 Å². The number of halogens is 1. The standard InChI is InChI=1S/C15H20N4O4.BrH/c1-4-19(5-2,6-3)9-10-7-11(18(22)23)8-12-13(10)17-15(21)14(20)16-12;/h7-8H,4-6,9H2,1-3H3,(H-,16,17,20,21);1H. The second kappa shape index (κ2) is 7.71. The van der Waals surface area contributed by atoms with Crippen LogP contribution < -0.4 is 28.1 Å². The summed E-state index contributed by atoms with van der Waals surface area (Å²) in [7, 11) is 0. The fraction of sp³-hybridized carbons (Fsp3) is 0.467. The van der Waals surface area contributed by atoms with E-state index in [-0.39, 0.29) is 28.2 Å². The zero-order valence-electron chi connectivity index (χ0n) is 13.9. The van der Waals surface area contributed by atoms with Crippen LogP contribution in [0.15, 0.2) is 21.7 Å². The number of aromatic amines is 2. The summed E-state index contributed by atoms with van der Waals surface area (Å²) >= 11 is 0. The molecule has 1 heterocycles. The van der Waals surface area contributed by atoms with Crippen molar-refractivity contribution >= 4 is 16.7 Å². The smallest absolute Gasteiger partial charge is 0.314 e. The largest absolute Gasteiger partial charge is 1.00 e. The first-order valence-electron chi connectivity index (χ1n) is 7.64. The molecule has 132 valence electrons. The first-order chi connectivity index (χ1) is 10.9. The average Bonchev–Trinajstić information content (AvgIpc) is 2.54. The number of quaternary nitrogens is 1. The Kier molecular flexibility index (Phi) is 6.44. The van der Waals surface area contributed by atoms with E-state index in [9.17, 15) is 19.7 Å². The van der Waals surface area contributed by atoms with Gasteiger partial charge in [-0.3, -0.25) is 19.7 Å². The summed E-state index contributed by atoms with van der Waals surface area (Å²) in [6.45, 7) is 9.34. The van der Waals surface area contributed by atoms with Crippen molar-refractivity contribution in [3.63, 3.8) is 0 Å². The molecule has 0 amide bonds. The average molecular weight is 401 g/mol. The SMILES string of the molecule is CC[N+](CC)(CC)Cc1cc([N+](=O)[O-])cc2[nH]c(=O)c(=O)[nH]c12.[Br-]. The summed E-state index contributed by atoms with van der Waals surface area (Å²) in [5, 5.41) is 11.2. The van der Waals surface area contributed by atoms with Gasteiger partial charge in [0.2, 0.25) is 0 Å². The highest BCUT2D eigenvalue weighted by atomic mass is 79.9. The summed E-state index contributed by atoms with van der Waals surface area (Å²) in [4.78, 5) is 38.8. The topological polar surface area (TPSA) is 109 Å². The van der Waals surface area contributed by atoms with E-state index >= 15 is 0 Å². The number of hydrogen-bond acceptors (Lipinski definition) is 4. The molecule has 9 heteroatoms. The third kappa shape index (κ3) is 3.73. The maximum absolute atomic E-state index is 11.6. The van der Waals surface area contributed by atoms with Crippen molar-refractivity contribution in [3.05, 3.63) is 48.5 Å². The minimum atomic E-state index is -0.814. The fourth-order valence-electron chi connectivity index (χ4n) is 2.88. The molecule has 0 unspecified atom stereocenters. The Labute approximate surface area is 149 Å². The molecule has 1 aromatic heterocycles. The van der Waals surface area contributed by atoms with Crippen LogP contribution in [-0.2, 0) is 6.54 Å². The van der Waals surface area contributed by atoms with Gasteiger partial charge in [0, 0.05) is 17.7 Å². The predicted molar refractivity (Wildman–Crippen MR) is 87.4 cm³/mol. The second-order valence-electron chi connectivity index (χ2n) is 5.64. The number of nitrogens with one attached hydrogen (secondary N) is 2. The van der Waals surface area contributed by atoms with Crippen LogP contribution in [0.25, 0.3) is 11.0 Å². The van der Waals surface area contributed by atoms with Gasteiger partial charge in [0.25, 0.3) is 5.69 Å². The Hall–Kier alpha value is -2.00. The van der Waals surface area contributed by atoms with Crippen LogP contribution in [0, 0.1) is 10.1 Å². The van der Waals surface area contributed by atoms with E-state index in [4.69, 9.17) is 0 Å². The quantitative estimate of drug-likeness (QED) is 0.266. The van der Waals surface area contributed by atoms with Crippen molar-refractivity contribution in [3.8, 4) is 0 Å². The second-order valence-corrected chi connectivity index (χ2v) is 5.64. The Bertz CT molecular complexity index is 846. The van der Waals surface area contributed by atoms with Gasteiger partial charge in [-0.15, -0.1) is 0 Å². The molecular formula is C15H21BrN4O4. The molecule has 0 saturated carbocycles. The monoisotopic (exact) mass is 400 g/mol. The molecule has 2 aromatic rings. The molecule has 0 aliphatic heterocycles. The summed E-state index contributed by atoms with van der Waals surface area (Å²) in [6.07, 6.45) is 0. The zero-order chi connectivity index (χ0) is 17.2. The lowest BCUT2D eigenvalue weighted by Gasteiger charge is -2.36. The number of hydrogen-bond donors (Lipinski definition) is 2. The third-order valence-corrected chi connectivity index (χ3v) is 4.63. The number of nitro benzene ring substituents is 1. The molecule has 0 aliphatic carbocycles. The molecule has 2 N–H and O–H groups in total. The lowest BCUT2D eigenvalue weighted by Crippen LogP contribution is -3.00. The van der Waals surface area contributed by atoms with E-state index in [1.165, 1.54) is 12.1 Å². The van der Waals surface area contributed by atoms with E-state index in [0.717, 1.165) is 24.1 Å². The van der Waals surface area contributed by atoms with E-state index in [2.05, 4.69) is 30.7 Å². The number of rotatable bonds is 6. The van der Waals surface area contributed by atoms with E-state index in [1.54, 1.807) is 0 Å². The number of nitrogens with zero attached hydrogens (tertiary/aromatic N) is 2. The van der Waals surface area contributed by atoms with Gasteiger partial charge in [-0.2, -0.15) is 0 Å². The fourth-order valence-corrected chi connectivity index (χ4v) is 2.88. The van der Waals surface area contributed by atoms with Gasteiger partial charge >= 0.3 is 11.1 Å². The number of fused-ring (bicyclic) bond motifs is 1. The molecule has 0 aliphatic rings. The van der Waals surface area contributed by atoms with Crippen LogP contribution in [0.1, 0.15) is 26.3 Å². The Balaban J connectivity index is 0.00000288. The molecule has 2 rings (SSSR count). The number of benzene rings is 1. The van der Waals surface area contributed by atoms with Crippen LogP contribution in [0.3, 0.4) is 0 Å². The summed E-state index contributed by atoms with van der Waals surface area (Å²) in [5.74, 6) is 0. The van der Waals surface area contributed by atoms with Gasteiger partial charge < -0.3 is 31.4 Å². The lowest BCUT2D eigenvalue weighted by atomic mass is 10.1. The van der Waals surface area contributed by atoms with Crippen molar-refractivity contribution < 1.29 is 26.4 Å². The summed E-state index contributed by atoms with van der Waals surface area (Å²) in [6, 6.07) is 2.75. The molecule has 0 radical (unpaired) electrons. The highest BCUT2D eigenvalue weighted by Gasteiger charge is 2.25. The minimum absolute atomic E-state index is 0. The molecule has 0 spiro atoms. The predicted octanol–water partition coefficient (Wildman–Crippen LogP) is -1.49. The molecule has 0 saturated heterocycles. The molecular weight excluding hydrogens is 380 g/mol. The highest BCUT2D eigenvalue weighted by molar-refractivity contribution is 5.80. The number of nitro groups is 1. The number of aromatic nitrogens is 2. The maximum Gasteiger partial charge on any atom is 0.314 e. The van der Waals surface area contributed by atoms with E-state index in [1.807, 2.05) is 0 Å². The molecule has 8 nitrogen and oxygen atoms in total. The molecule has 1 aromatic carbocycles. The zero-order valence-corrected chi connectivity index (χ0v) is 15.5. The van der Waals surface area contributed by atoms with Crippen LogP contribution in [0.4, 0.5) is 5.69 Å².